The summed E-state index contributed by atoms with van der Waals surface area (Å²) < 4.78 is 0. The van der Waals surface area contributed by atoms with Gasteiger partial charge in [0.15, 0.2) is 0 Å². The number of aliphatic hydroxyl groups excluding tert-OH is 1. The van der Waals surface area contributed by atoms with Gasteiger partial charge in [-0.25, -0.2) is 9.97 Å². The maximum Gasteiger partial charge on any atom is 0.137 e. The van der Waals surface area contributed by atoms with Gasteiger partial charge in [-0.1, -0.05) is 34.6 Å². The van der Waals surface area contributed by atoms with Crippen molar-refractivity contribution in [2.75, 3.05) is 18.5 Å². The average Bonchev–Trinajstić information content (AvgIpc) is 2.38. The summed E-state index contributed by atoms with van der Waals surface area (Å²) in [6, 6.07) is 0. The number of hydrogen-bond donors (Lipinski definition) is 2. The monoisotopic (exact) mass is 297 g/mol. The first-order valence-electron chi connectivity index (χ1n) is 7.20. The van der Waals surface area contributed by atoms with E-state index in [0.717, 1.165) is 35.2 Å². The Labute approximate surface area is 126 Å². The minimum Gasteiger partial charge on any atom is -0.395 e. The molecule has 2 N–H and O–H groups in total. The van der Waals surface area contributed by atoms with Crippen molar-refractivity contribution < 1.29 is 5.11 Å². The summed E-state index contributed by atoms with van der Waals surface area (Å²) in [6.07, 6.45) is 1.06. The van der Waals surface area contributed by atoms with Gasteiger partial charge < -0.3 is 10.4 Å². The maximum absolute atomic E-state index is 9.25. The van der Waals surface area contributed by atoms with Gasteiger partial charge in [-0.2, -0.15) is 0 Å². The van der Waals surface area contributed by atoms with E-state index in [1.807, 2.05) is 13.8 Å². The van der Waals surface area contributed by atoms with E-state index in [9.17, 15) is 5.11 Å². The van der Waals surface area contributed by atoms with E-state index in [1.165, 1.54) is 0 Å². The Hall–Kier alpha value is -0.810. The average molecular weight is 297 g/mol. The lowest BCUT2D eigenvalue weighted by Gasteiger charge is -2.21. The number of thioether (sulfide) groups is 1. The molecule has 0 bridgehead atoms. The predicted octanol–water partition coefficient (Wildman–Crippen LogP) is 3.38. The fourth-order valence-corrected chi connectivity index (χ4v) is 2.46. The quantitative estimate of drug-likeness (QED) is 0.623. The van der Waals surface area contributed by atoms with Gasteiger partial charge in [-0.3, -0.25) is 0 Å². The number of rotatable bonds is 6. The van der Waals surface area contributed by atoms with E-state index >= 15 is 0 Å². The summed E-state index contributed by atoms with van der Waals surface area (Å²) >= 11 is 1.61. The summed E-state index contributed by atoms with van der Waals surface area (Å²) in [6.45, 7) is 13.6. The highest BCUT2D eigenvalue weighted by atomic mass is 32.2. The summed E-state index contributed by atoms with van der Waals surface area (Å²) in [5.74, 6) is 1.76. The van der Waals surface area contributed by atoms with Crippen LogP contribution in [0.25, 0.3) is 0 Å². The summed E-state index contributed by atoms with van der Waals surface area (Å²) in [4.78, 5) is 9.38. The van der Waals surface area contributed by atoms with E-state index in [2.05, 4.69) is 38.0 Å². The van der Waals surface area contributed by atoms with E-state index < -0.39 is 0 Å². The first-order chi connectivity index (χ1) is 9.29. The lowest BCUT2D eigenvalue weighted by atomic mass is 9.95. The first-order valence-corrected chi connectivity index (χ1v) is 8.08. The standard InChI is InChI=1S/C15H27N3OS/c1-7-8-16-12-11(3)13(20-10(2)9-19)18-14(17-12)15(4,5)6/h10,19H,7-9H2,1-6H3,(H,16,17,18). The Morgan fingerprint density at radius 2 is 1.95 bits per heavy atom. The van der Waals surface area contributed by atoms with Crippen molar-refractivity contribution in [3.05, 3.63) is 11.4 Å². The van der Waals surface area contributed by atoms with Crippen LogP contribution in [0.5, 0.6) is 0 Å². The molecule has 0 aliphatic heterocycles. The van der Waals surface area contributed by atoms with Crippen LogP contribution in [0.15, 0.2) is 5.03 Å². The second-order valence-corrected chi connectivity index (χ2v) is 7.54. The molecule has 20 heavy (non-hydrogen) atoms. The molecule has 1 heterocycles. The molecule has 0 amide bonds. The van der Waals surface area contributed by atoms with Crippen molar-refractivity contribution in [2.24, 2.45) is 0 Å². The van der Waals surface area contributed by atoms with Crippen LogP contribution in [0.4, 0.5) is 5.82 Å². The van der Waals surface area contributed by atoms with Gasteiger partial charge in [0.25, 0.3) is 0 Å². The molecule has 4 nitrogen and oxygen atoms in total. The molecule has 1 aromatic heterocycles. The summed E-state index contributed by atoms with van der Waals surface area (Å²) in [5, 5.41) is 13.7. The van der Waals surface area contributed by atoms with Crippen LogP contribution in [-0.2, 0) is 5.41 Å². The highest BCUT2D eigenvalue weighted by Crippen LogP contribution is 2.31. The lowest BCUT2D eigenvalue weighted by Crippen LogP contribution is -2.19. The van der Waals surface area contributed by atoms with Gasteiger partial charge in [0, 0.05) is 22.8 Å². The Bertz CT molecular complexity index is 443. The van der Waals surface area contributed by atoms with Crippen molar-refractivity contribution in [2.45, 2.75) is 63.7 Å². The molecule has 0 radical (unpaired) electrons. The number of nitrogens with one attached hydrogen (secondary N) is 1. The number of aromatic nitrogens is 2. The van der Waals surface area contributed by atoms with Gasteiger partial charge >= 0.3 is 0 Å². The Balaban J connectivity index is 3.19. The van der Waals surface area contributed by atoms with Crippen LogP contribution < -0.4 is 5.32 Å². The highest BCUT2D eigenvalue weighted by molar-refractivity contribution is 7.99. The zero-order valence-corrected chi connectivity index (χ0v) is 14.3. The van der Waals surface area contributed by atoms with Crippen molar-refractivity contribution in [3.63, 3.8) is 0 Å². The Morgan fingerprint density at radius 1 is 1.30 bits per heavy atom. The third kappa shape index (κ3) is 4.63. The van der Waals surface area contributed by atoms with Crippen molar-refractivity contribution in [1.82, 2.24) is 9.97 Å². The van der Waals surface area contributed by atoms with Crippen LogP contribution in [0, 0.1) is 6.92 Å². The van der Waals surface area contributed by atoms with Crippen molar-refractivity contribution in [3.8, 4) is 0 Å². The topological polar surface area (TPSA) is 58.0 Å². The molecule has 1 rings (SSSR count). The molecule has 1 unspecified atom stereocenters. The molecule has 0 spiro atoms. The maximum atomic E-state index is 9.25. The normalized spacial score (nSPS) is 13.3. The summed E-state index contributed by atoms with van der Waals surface area (Å²) in [5.41, 5.74) is 0.977. The largest absolute Gasteiger partial charge is 0.395 e. The Kier molecular flexibility index (Phi) is 6.27. The number of hydrogen-bond acceptors (Lipinski definition) is 5. The molecule has 0 saturated carbocycles. The molecule has 1 aromatic rings. The third-order valence-electron chi connectivity index (χ3n) is 2.88. The molecular weight excluding hydrogens is 270 g/mol. The van der Waals surface area contributed by atoms with Crippen LogP contribution in [-0.4, -0.2) is 33.5 Å². The molecule has 0 fully saturated rings. The number of aliphatic hydroxyl groups is 1. The van der Waals surface area contributed by atoms with E-state index in [4.69, 9.17) is 4.98 Å². The molecular formula is C15H27N3OS. The van der Waals surface area contributed by atoms with E-state index in [1.54, 1.807) is 11.8 Å². The van der Waals surface area contributed by atoms with E-state index in [0.29, 0.717) is 0 Å². The van der Waals surface area contributed by atoms with Crippen molar-refractivity contribution >= 4 is 17.6 Å². The van der Waals surface area contributed by atoms with Gasteiger partial charge in [0.2, 0.25) is 0 Å². The van der Waals surface area contributed by atoms with Gasteiger partial charge in [0.05, 0.1) is 6.61 Å². The predicted molar refractivity (Wildman–Crippen MR) is 86.7 cm³/mol. The van der Waals surface area contributed by atoms with Crippen LogP contribution in [0.2, 0.25) is 0 Å². The van der Waals surface area contributed by atoms with Gasteiger partial charge in [-0.05, 0) is 13.3 Å². The SMILES string of the molecule is CCCNc1nc(C(C)(C)C)nc(SC(C)CO)c1C. The zero-order chi connectivity index (χ0) is 15.3. The fourth-order valence-electron chi connectivity index (χ4n) is 1.59. The number of anilines is 1. The second kappa shape index (κ2) is 7.27. The Morgan fingerprint density at radius 3 is 2.45 bits per heavy atom. The minimum absolute atomic E-state index is 0.0892. The zero-order valence-electron chi connectivity index (χ0n) is 13.4. The molecule has 0 saturated heterocycles. The second-order valence-electron chi connectivity index (χ2n) is 6.11. The third-order valence-corrected chi connectivity index (χ3v) is 4.06. The molecule has 0 aliphatic carbocycles. The molecule has 1 atom stereocenters. The molecule has 114 valence electrons. The smallest absolute Gasteiger partial charge is 0.137 e. The highest BCUT2D eigenvalue weighted by Gasteiger charge is 2.22. The van der Waals surface area contributed by atoms with E-state index in [-0.39, 0.29) is 17.3 Å². The van der Waals surface area contributed by atoms with Crippen molar-refractivity contribution in [1.29, 1.82) is 0 Å². The van der Waals surface area contributed by atoms with Gasteiger partial charge in [0.1, 0.15) is 16.7 Å². The molecule has 5 heteroatoms. The fraction of sp³-hybridized carbons (Fsp3) is 0.733. The summed E-state index contributed by atoms with van der Waals surface area (Å²) in [7, 11) is 0. The molecule has 0 aliphatic rings. The lowest BCUT2D eigenvalue weighted by molar-refractivity contribution is 0.300. The van der Waals surface area contributed by atoms with Crippen LogP contribution in [0.1, 0.15) is 52.4 Å². The number of nitrogens with zero attached hydrogens (tertiary/aromatic N) is 2. The first kappa shape index (κ1) is 17.2. The minimum atomic E-state index is -0.0892. The van der Waals surface area contributed by atoms with Crippen LogP contribution in [0.3, 0.4) is 0 Å². The molecule has 0 aromatic carbocycles. The van der Waals surface area contributed by atoms with Gasteiger partial charge in [-0.15, -0.1) is 11.8 Å². The van der Waals surface area contributed by atoms with Crippen LogP contribution >= 0.6 is 11.8 Å².